The highest BCUT2D eigenvalue weighted by Crippen LogP contribution is 2.16. The smallest absolute Gasteiger partial charge is 0.137 e. The van der Waals surface area contributed by atoms with Gasteiger partial charge in [0.15, 0.2) is 0 Å². The van der Waals surface area contributed by atoms with Crippen LogP contribution in [0.3, 0.4) is 0 Å². The van der Waals surface area contributed by atoms with E-state index in [0.717, 1.165) is 16.9 Å². The van der Waals surface area contributed by atoms with Crippen molar-refractivity contribution in [2.75, 3.05) is 24.4 Å². The number of anilines is 1. The third kappa shape index (κ3) is 2.61. The van der Waals surface area contributed by atoms with Gasteiger partial charge in [0.05, 0.1) is 13.3 Å². The quantitative estimate of drug-likeness (QED) is 0.776. The highest BCUT2D eigenvalue weighted by molar-refractivity contribution is 9.09. The Labute approximate surface area is 93.2 Å². The van der Waals surface area contributed by atoms with Gasteiger partial charge in [-0.3, -0.25) is 0 Å². The van der Waals surface area contributed by atoms with Crippen LogP contribution >= 0.6 is 15.9 Å². The maximum absolute atomic E-state index is 5.05. The van der Waals surface area contributed by atoms with Crippen LogP contribution in [0.25, 0.3) is 0 Å². The molecule has 0 aromatic carbocycles. The zero-order valence-electron chi connectivity index (χ0n) is 8.70. The molecule has 4 heteroatoms. The summed E-state index contributed by atoms with van der Waals surface area (Å²) >= 11 is 3.45. The summed E-state index contributed by atoms with van der Waals surface area (Å²) in [5.74, 6) is 1.74. The summed E-state index contributed by atoms with van der Waals surface area (Å²) in [5.41, 5.74) is 0. The number of aromatic nitrogens is 1. The van der Waals surface area contributed by atoms with Crippen molar-refractivity contribution in [3.05, 3.63) is 18.3 Å². The van der Waals surface area contributed by atoms with E-state index in [-0.39, 0.29) is 0 Å². The van der Waals surface area contributed by atoms with E-state index in [2.05, 4.69) is 32.7 Å². The second-order valence-electron chi connectivity index (χ2n) is 3.17. The van der Waals surface area contributed by atoms with Gasteiger partial charge in [0, 0.05) is 18.4 Å². The average molecular weight is 259 g/mol. The molecule has 0 amide bonds. The van der Waals surface area contributed by atoms with Crippen molar-refractivity contribution in [2.24, 2.45) is 0 Å². The second kappa shape index (κ2) is 5.20. The normalized spacial score (nSPS) is 12.3. The fourth-order valence-electron chi connectivity index (χ4n) is 1.03. The van der Waals surface area contributed by atoms with E-state index in [0.29, 0.717) is 6.04 Å². The molecular weight excluding hydrogens is 244 g/mol. The minimum atomic E-state index is 0.427. The summed E-state index contributed by atoms with van der Waals surface area (Å²) in [4.78, 5) is 6.42. The maximum atomic E-state index is 5.05. The van der Waals surface area contributed by atoms with Crippen LogP contribution in [0.5, 0.6) is 5.75 Å². The molecule has 0 aliphatic heterocycles. The minimum absolute atomic E-state index is 0.427. The highest BCUT2D eigenvalue weighted by atomic mass is 79.9. The van der Waals surface area contributed by atoms with Crippen molar-refractivity contribution in [3.8, 4) is 5.75 Å². The molecule has 1 aromatic heterocycles. The average Bonchev–Trinajstić information content (AvgIpc) is 2.27. The molecule has 14 heavy (non-hydrogen) atoms. The van der Waals surface area contributed by atoms with Crippen molar-refractivity contribution < 1.29 is 4.74 Å². The van der Waals surface area contributed by atoms with Crippen LogP contribution in [0.4, 0.5) is 5.82 Å². The van der Waals surface area contributed by atoms with Crippen LogP contribution in [0, 0.1) is 0 Å². The number of rotatable bonds is 4. The van der Waals surface area contributed by atoms with E-state index < -0.39 is 0 Å². The van der Waals surface area contributed by atoms with Gasteiger partial charge in [0.2, 0.25) is 0 Å². The lowest BCUT2D eigenvalue weighted by atomic mass is 10.3. The minimum Gasteiger partial charge on any atom is -0.495 e. The van der Waals surface area contributed by atoms with Crippen LogP contribution < -0.4 is 9.64 Å². The SMILES string of the molecule is COc1ccc(N(C)C(C)CBr)nc1. The van der Waals surface area contributed by atoms with Crippen molar-refractivity contribution >= 4 is 21.7 Å². The number of ether oxygens (including phenoxy) is 1. The summed E-state index contributed by atoms with van der Waals surface area (Å²) in [6.45, 7) is 2.14. The summed E-state index contributed by atoms with van der Waals surface area (Å²) in [6.07, 6.45) is 1.73. The number of hydrogen-bond donors (Lipinski definition) is 0. The predicted octanol–water partition coefficient (Wildman–Crippen LogP) is 2.31. The van der Waals surface area contributed by atoms with Crippen LogP contribution in [0.15, 0.2) is 18.3 Å². The van der Waals surface area contributed by atoms with E-state index in [9.17, 15) is 0 Å². The number of halogens is 1. The molecule has 0 spiro atoms. The summed E-state index contributed by atoms with van der Waals surface area (Å²) in [5, 5.41) is 0.928. The van der Waals surface area contributed by atoms with Gasteiger partial charge in [-0.1, -0.05) is 15.9 Å². The van der Waals surface area contributed by atoms with Crippen LogP contribution in [0.2, 0.25) is 0 Å². The van der Waals surface area contributed by atoms with E-state index in [1.54, 1.807) is 13.3 Å². The summed E-state index contributed by atoms with van der Waals surface area (Å²) < 4.78 is 5.05. The molecule has 1 atom stereocenters. The van der Waals surface area contributed by atoms with Gasteiger partial charge < -0.3 is 9.64 Å². The van der Waals surface area contributed by atoms with Gasteiger partial charge in [0.1, 0.15) is 11.6 Å². The first-order valence-electron chi connectivity index (χ1n) is 4.48. The Bertz CT molecular complexity index is 276. The lowest BCUT2D eigenvalue weighted by Crippen LogP contribution is -2.30. The zero-order valence-corrected chi connectivity index (χ0v) is 10.3. The van der Waals surface area contributed by atoms with Gasteiger partial charge in [-0.15, -0.1) is 0 Å². The molecule has 0 radical (unpaired) electrons. The number of alkyl halides is 1. The van der Waals surface area contributed by atoms with Gasteiger partial charge in [-0.25, -0.2) is 4.98 Å². The van der Waals surface area contributed by atoms with Gasteiger partial charge in [-0.05, 0) is 19.1 Å². The van der Waals surface area contributed by atoms with Crippen molar-refractivity contribution in [3.63, 3.8) is 0 Å². The summed E-state index contributed by atoms with van der Waals surface area (Å²) in [7, 11) is 3.67. The molecule has 0 N–H and O–H groups in total. The summed E-state index contributed by atoms with van der Waals surface area (Å²) in [6, 6.07) is 4.30. The van der Waals surface area contributed by atoms with Gasteiger partial charge in [-0.2, -0.15) is 0 Å². The molecule has 1 aromatic rings. The van der Waals surface area contributed by atoms with E-state index in [1.165, 1.54) is 0 Å². The number of pyridine rings is 1. The Hall–Kier alpha value is -0.770. The molecule has 1 heterocycles. The molecule has 0 saturated heterocycles. The number of nitrogens with zero attached hydrogens (tertiary/aromatic N) is 2. The second-order valence-corrected chi connectivity index (χ2v) is 3.82. The molecule has 0 fully saturated rings. The first-order chi connectivity index (χ1) is 6.69. The number of hydrogen-bond acceptors (Lipinski definition) is 3. The lowest BCUT2D eigenvalue weighted by Gasteiger charge is -2.24. The van der Waals surface area contributed by atoms with Gasteiger partial charge in [0.25, 0.3) is 0 Å². The maximum Gasteiger partial charge on any atom is 0.137 e. The van der Waals surface area contributed by atoms with Crippen molar-refractivity contribution in [2.45, 2.75) is 13.0 Å². The molecule has 0 saturated carbocycles. The molecule has 0 aliphatic carbocycles. The van der Waals surface area contributed by atoms with Gasteiger partial charge >= 0.3 is 0 Å². The van der Waals surface area contributed by atoms with Crippen molar-refractivity contribution in [1.82, 2.24) is 4.98 Å². The Morgan fingerprint density at radius 1 is 1.57 bits per heavy atom. The first kappa shape index (κ1) is 11.3. The van der Waals surface area contributed by atoms with Crippen molar-refractivity contribution in [1.29, 1.82) is 0 Å². The Balaban J connectivity index is 2.75. The standard InChI is InChI=1S/C10H15BrN2O/c1-8(6-11)13(2)10-5-4-9(14-3)7-12-10/h4-5,7-8H,6H2,1-3H3. The largest absolute Gasteiger partial charge is 0.495 e. The first-order valence-corrected chi connectivity index (χ1v) is 5.60. The Morgan fingerprint density at radius 2 is 2.29 bits per heavy atom. The third-order valence-corrected chi connectivity index (χ3v) is 3.14. The molecule has 1 unspecified atom stereocenters. The van der Waals surface area contributed by atoms with Crippen LogP contribution in [-0.2, 0) is 0 Å². The molecule has 0 bridgehead atoms. The molecule has 78 valence electrons. The van der Waals surface area contributed by atoms with Crippen LogP contribution in [-0.4, -0.2) is 30.5 Å². The number of methoxy groups -OCH3 is 1. The monoisotopic (exact) mass is 258 g/mol. The van der Waals surface area contributed by atoms with E-state index >= 15 is 0 Å². The highest BCUT2D eigenvalue weighted by Gasteiger charge is 2.09. The van der Waals surface area contributed by atoms with E-state index in [1.807, 2.05) is 19.2 Å². The molecule has 0 aliphatic rings. The predicted molar refractivity (Wildman–Crippen MR) is 62.4 cm³/mol. The fraction of sp³-hybridized carbons (Fsp3) is 0.500. The fourth-order valence-corrected chi connectivity index (χ4v) is 1.47. The lowest BCUT2D eigenvalue weighted by molar-refractivity contribution is 0.413. The zero-order chi connectivity index (χ0) is 10.6. The third-order valence-electron chi connectivity index (χ3n) is 2.20. The molecule has 3 nitrogen and oxygen atoms in total. The van der Waals surface area contributed by atoms with Crippen LogP contribution in [0.1, 0.15) is 6.92 Å². The topological polar surface area (TPSA) is 25.4 Å². The van der Waals surface area contributed by atoms with E-state index in [4.69, 9.17) is 4.74 Å². The Morgan fingerprint density at radius 3 is 2.71 bits per heavy atom. The molecule has 1 rings (SSSR count). The molecular formula is C10H15BrN2O. The Kier molecular flexibility index (Phi) is 4.20.